The summed E-state index contributed by atoms with van der Waals surface area (Å²) in [4.78, 5) is 17.1. The molecule has 166 valence electrons. The fourth-order valence-electron chi connectivity index (χ4n) is 6.64. The van der Waals surface area contributed by atoms with E-state index in [1.54, 1.807) is 7.05 Å². The second-order valence-corrected chi connectivity index (χ2v) is 9.51. The Balaban J connectivity index is 1.26. The summed E-state index contributed by atoms with van der Waals surface area (Å²) in [5.41, 5.74) is 0.372. The number of ether oxygens (including phenoxy) is 1. The van der Waals surface area contributed by atoms with Crippen LogP contribution in [0.3, 0.4) is 0 Å². The molecule has 1 N–H and O–H groups in total. The molecule has 0 radical (unpaired) electrons. The van der Waals surface area contributed by atoms with Gasteiger partial charge in [0.1, 0.15) is 0 Å². The SMILES string of the molecule is CNc1nc(OCC(F)(F)F)nc(N2CCN(C34CC5CC(CC(C5)C3)C4)CC2)n1. The molecule has 1 aromatic heterocycles. The lowest BCUT2D eigenvalue weighted by Gasteiger charge is -2.61. The fraction of sp³-hybridized carbons (Fsp3) is 0.850. The molecule has 30 heavy (non-hydrogen) atoms. The zero-order valence-electron chi connectivity index (χ0n) is 17.3. The van der Waals surface area contributed by atoms with Gasteiger partial charge >= 0.3 is 12.2 Å². The van der Waals surface area contributed by atoms with Crippen molar-refractivity contribution in [1.82, 2.24) is 19.9 Å². The Bertz CT molecular complexity index is 745. The maximum atomic E-state index is 12.5. The largest absolute Gasteiger partial charge is 0.454 e. The highest BCUT2D eigenvalue weighted by Crippen LogP contribution is 2.57. The van der Waals surface area contributed by atoms with Gasteiger partial charge in [-0.2, -0.15) is 28.1 Å². The summed E-state index contributed by atoms with van der Waals surface area (Å²) in [5, 5.41) is 2.78. The van der Waals surface area contributed by atoms with E-state index in [2.05, 4.69) is 25.2 Å². The van der Waals surface area contributed by atoms with Gasteiger partial charge < -0.3 is 15.0 Å². The fourth-order valence-corrected chi connectivity index (χ4v) is 6.64. The monoisotopic (exact) mass is 426 g/mol. The van der Waals surface area contributed by atoms with Gasteiger partial charge in [0.05, 0.1) is 0 Å². The third-order valence-electron chi connectivity index (χ3n) is 7.43. The molecule has 5 fully saturated rings. The quantitative estimate of drug-likeness (QED) is 0.777. The normalized spacial score (nSPS) is 33.7. The van der Waals surface area contributed by atoms with Crippen LogP contribution in [0.15, 0.2) is 0 Å². The van der Waals surface area contributed by atoms with Gasteiger partial charge in [0.2, 0.25) is 11.9 Å². The number of piperazine rings is 1. The Hall–Kier alpha value is -1.84. The van der Waals surface area contributed by atoms with E-state index in [1.807, 2.05) is 4.90 Å². The van der Waals surface area contributed by atoms with Crippen LogP contribution in [0.25, 0.3) is 0 Å². The minimum absolute atomic E-state index is 0.209. The highest BCUT2D eigenvalue weighted by atomic mass is 19.4. The third kappa shape index (κ3) is 3.90. The lowest BCUT2D eigenvalue weighted by Crippen LogP contribution is -2.64. The lowest BCUT2D eigenvalue weighted by atomic mass is 9.52. The molecule has 4 bridgehead atoms. The molecular weight excluding hydrogens is 397 g/mol. The summed E-state index contributed by atoms with van der Waals surface area (Å²) < 4.78 is 42.3. The van der Waals surface area contributed by atoms with Crippen molar-refractivity contribution in [3.8, 4) is 6.01 Å². The predicted molar refractivity (Wildman–Crippen MR) is 106 cm³/mol. The van der Waals surface area contributed by atoms with Gasteiger partial charge in [-0.05, 0) is 56.3 Å². The number of nitrogens with zero attached hydrogens (tertiary/aromatic N) is 5. The van der Waals surface area contributed by atoms with Crippen LogP contribution in [0.4, 0.5) is 25.1 Å². The van der Waals surface area contributed by atoms with E-state index in [1.165, 1.54) is 38.5 Å². The maximum Gasteiger partial charge on any atom is 0.422 e. The molecule has 1 saturated heterocycles. The van der Waals surface area contributed by atoms with Crippen molar-refractivity contribution in [3.05, 3.63) is 0 Å². The first-order valence-electron chi connectivity index (χ1n) is 11.0. The first kappa shape index (κ1) is 20.1. The van der Waals surface area contributed by atoms with Crippen LogP contribution >= 0.6 is 0 Å². The molecule has 1 aliphatic heterocycles. The number of hydrogen-bond acceptors (Lipinski definition) is 7. The summed E-state index contributed by atoms with van der Waals surface area (Å²) in [5.74, 6) is 3.30. The number of hydrogen-bond donors (Lipinski definition) is 1. The summed E-state index contributed by atoms with van der Waals surface area (Å²) in [6, 6.07) is -0.301. The molecule has 0 atom stereocenters. The summed E-state index contributed by atoms with van der Waals surface area (Å²) in [6.07, 6.45) is 3.86. The van der Waals surface area contributed by atoms with Crippen LogP contribution < -0.4 is 15.0 Å². The van der Waals surface area contributed by atoms with Gasteiger partial charge in [-0.3, -0.25) is 4.90 Å². The molecule has 2 heterocycles. The Labute approximate surface area is 174 Å². The molecule has 1 aromatic rings. The molecule has 0 amide bonds. The molecule has 0 aromatic carbocycles. The molecule has 4 aliphatic carbocycles. The van der Waals surface area contributed by atoms with Crippen molar-refractivity contribution >= 4 is 11.9 Å². The molecule has 5 aliphatic rings. The number of halogens is 3. The predicted octanol–water partition coefficient (Wildman–Crippen LogP) is 2.95. The van der Waals surface area contributed by atoms with E-state index >= 15 is 0 Å². The Morgan fingerprint density at radius 3 is 2.10 bits per heavy atom. The van der Waals surface area contributed by atoms with Crippen LogP contribution in [-0.4, -0.2) is 71.4 Å². The summed E-state index contributed by atoms with van der Waals surface area (Å²) in [6.45, 7) is 1.97. The highest BCUT2D eigenvalue weighted by Gasteiger charge is 2.53. The van der Waals surface area contributed by atoms with Gasteiger partial charge in [-0.1, -0.05) is 0 Å². The van der Waals surface area contributed by atoms with Gasteiger partial charge in [-0.25, -0.2) is 0 Å². The number of nitrogens with one attached hydrogen (secondary N) is 1. The van der Waals surface area contributed by atoms with Crippen LogP contribution in [-0.2, 0) is 0 Å². The lowest BCUT2D eigenvalue weighted by molar-refractivity contribution is -0.154. The standard InChI is InChI=1S/C20H29F3N6O/c1-24-16-25-17(27-18(26-16)30-12-20(21,22)23)28-2-4-29(5-3-28)19-9-13-6-14(10-19)8-15(7-13)11-19/h13-15H,2-12H2,1H3,(H,24,25,26,27). The Kier molecular flexibility index (Phi) is 4.95. The summed E-state index contributed by atoms with van der Waals surface area (Å²) >= 11 is 0. The molecular formula is C20H29F3N6O. The molecule has 6 rings (SSSR count). The van der Waals surface area contributed by atoms with E-state index in [0.717, 1.165) is 43.9 Å². The van der Waals surface area contributed by atoms with Gasteiger partial charge in [0, 0.05) is 38.8 Å². The van der Waals surface area contributed by atoms with Crippen LogP contribution in [0.2, 0.25) is 0 Å². The minimum atomic E-state index is -4.43. The minimum Gasteiger partial charge on any atom is -0.454 e. The van der Waals surface area contributed by atoms with Gasteiger partial charge in [-0.15, -0.1) is 0 Å². The van der Waals surface area contributed by atoms with Gasteiger partial charge in [0.15, 0.2) is 6.61 Å². The van der Waals surface area contributed by atoms with Crippen molar-refractivity contribution in [1.29, 1.82) is 0 Å². The molecule has 7 nitrogen and oxygen atoms in total. The van der Waals surface area contributed by atoms with Crippen molar-refractivity contribution in [2.45, 2.75) is 50.2 Å². The number of alkyl halides is 3. The molecule has 0 unspecified atom stereocenters. The van der Waals surface area contributed by atoms with E-state index in [0.29, 0.717) is 11.5 Å². The first-order chi connectivity index (χ1) is 14.3. The maximum absolute atomic E-state index is 12.5. The molecule has 4 saturated carbocycles. The van der Waals surface area contributed by atoms with E-state index in [4.69, 9.17) is 4.74 Å². The highest BCUT2D eigenvalue weighted by molar-refractivity contribution is 5.38. The number of anilines is 2. The molecule has 10 heteroatoms. The van der Waals surface area contributed by atoms with Crippen LogP contribution in [0.1, 0.15) is 38.5 Å². The van der Waals surface area contributed by atoms with Gasteiger partial charge in [0.25, 0.3) is 0 Å². The Morgan fingerprint density at radius 2 is 1.57 bits per heavy atom. The number of rotatable bonds is 5. The van der Waals surface area contributed by atoms with Crippen molar-refractivity contribution in [3.63, 3.8) is 0 Å². The van der Waals surface area contributed by atoms with E-state index < -0.39 is 12.8 Å². The summed E-state index contributed by atoms with van der Waals surface area (Å²) in [7, 11) is 1.62. The van der Waals surface area contributed by atoms with E-state index in [9.17, 15) is 13.2 Å². The van der Waals surface area contributed by atoms with Crippen LogP contribution in [0, 0.1) is 17.8 Å². The smallest absolute Gasteiger partial charge is 0.422 e. The average Bonchev–Trinajstić information content (AvgIpc) is 2.71. The zero-order chi connectivity index (χ0) is 20.9. The topological polar surface area (TPSA) is 66.4 Å². The second-order valence-electron chi connectivity index (χ2n) is 9.51. The van der Waals surface area contributed by atoms with Crippen LogP contribution in [0.5, 0.6) is 6.01 Å². The van der Waals surface area contributed by atoms with Crippen molar-refractivity contribution in [2.75, 3.05) is 50.1 Å². The third-order valence-corrected chi connectivity index (χ3v) is 7.43. The van der Waals surface area contributed by atoms with E-state index in [-0.39, 0.29) is 12.0 Å². The van der Waals surface area contributed by atoms with Crippen molar-refractivity contribution in [2.24, 2.45) is 17.8 Å². The Morgan fingerprint density at radius 1 is 0.967 bits per heavy atom. The average molecular weight is 426 g/mol. The number of aromatic nitrogens is 3. The molecule has 0 spiro atoms. The van der Waals surface area contributed by atoms with Crippen molar-refractivity contribution < 1.29 is 17.9 Å². The zero-order valence-corrected chi connectivity index (χ0v) is 17.3. The first-order valence-corrected chi connectivity index (χ1v) is 11.0. The second kappa shape index (κ2) is 7.39.